The second-order valence-electron chi connectivity index (χ2n) is 7.81. The fraction of sp³-hybridized carbons (Fsp3) is 0.120. The van der Waals surface area contributed by atoms with Crippen molar-refractivity contribution in [1.82, 2.24) is 20.1 Å². The molecule has 4 aromatic rings. The SMILES string of the molecule is Nc1cccc(-c2ccc(Cl)c(C(=O)Nc3cc(C(=O)NCC(O)CO)nn3-c3ccccc3)c2)n1. The van der Waals surface area contributed by atoms with Gasteiger partial charge in [-0.05, 0) is 36.4 Å². The first-order valence-corrected chi connectivity index (χ1v) is 11.3. The van der Waals surface area contributed by atoms with Crippen molar-refractivity contribution in [2.75, 3.05) is 24.2 Å². The van der Waals surface area contributed by atoms with Gasteiger partial charge < -0.3 is 26.6 Å². The van der Waals surface area contributed by atoms with Crippen LogP contribution in [0.2, 0.25) is 5.02 Å². The molecule has 10 nitrogen and oxygen atoms in total. The number of para-hydroxylation sites is 1. The number of anilines is 2. The predicted octanol–water partition coefficient (Wildman–Crippen LogP) is 2.51. The third kappa shape index (κ3) is 5.69. The van der Waals surface area contributed by atoms with E-state index >= 15 is 0 Å². The number of aliphatic hydroxyl groups is 2. The number of amides is 2. The molecule has 0 saturated carbocycles. The fourth-order valence-corrected chi connectivity index (χ4v) is 3.57. The number of carbonyl (C=O) groups is 2. The molecule has 2 amide bonds. The van der Waals surface area contributed by atoms with E-state index in [9.17, 15) is 14.7 Å². The number of nitrogens with two attached hydrogens (primary N) is 1. The molecular weight excluding hydrogens is 484 g/mol. The van der Waals surface area contributed by atoms with Crippen LogP contribution < -0.4 is 16.4 Å². The molecular formula is C25H23ClN6O4. The van der Waals surface area contributed by atoms with Gasteiger partial charge in [0.1, 0.15) is 11.6 Å². The van der Waals surface area contributed by atoms with Gasteiger partial charge in [0.2, 0.25) is 0 Å². The summed E-state index contributed by atoms with van der Waals surface area (Å²) in [6, 6.07) is 20.5. The number of halogens is 1. The monoisotopic (exact) mass is 506 g/mol. The minimum atomic E-state index is -1.10. The zero-order valence-electron chi connectivity index (χ0n) is 18.9. The van der Waals surface area contributed by atoms with Crippen molar-refractivity contribution in [3.8, 4) is 16.9 Å². The maximum Gasteiger partial charge on any atom is 0.271 e. The number of carbonyl (C=O) groups excluding carboxylic acids is 2. The number of nitrogens with one attached hydrogen (secondary N) is 2. The predicted molar refractivity (Wildman–Crippen MR) is 136 cm³/mol. The Bertz CT molecular complexity index is 1390. The van der Waals surface area contributed by atoms with Crippen LogP contribution in [0.25, 0.3) is 16.9 Å². The number of nitrogens with zero attached hydrogens (tertiary/aromatic N) is 3. The Labute approximate surface area is 211 Å². The topological polar surface area (TPSA) is 155 Å². The van der Waals surface area contributed by atoms with E-state index in [1.807, 2.05) is 6.07 Å². The van der Waals surface area contributed by atoms with Crippen LogP contribution in [0.3, 0.4) is 0 Å². The average Bonchev–Trinajstić information content (AvgIpc) is 3.31. The van der Waals surface area contributed by atoms with Gasteiger partial charge in [-0.1, -0.05) is 41.9 Å². The Morgan fingerprint density at radius 3 is 2.53 bits per heavy atom. The Hall–Kier alpha value is -4.25. The number of pyridine rings is 1. The summed E-state index contributed by atoms with van der Waals surface area (Å²) < 4.78 is 1.41. The van der Waals surface area contributed by atoms with Gasteiger partial charge in [-0.25, -0.2) is 9.67 Å². The molecule has 2 heterocycles. The molecule has 11 heteroatoms. The van der Waals surface area contributed by atoms with Crippen LogP contribution in [0, 0.1) is 0 Å². The Kier molecular flexibility index (Phi) is 7.59. The molecule has 0 saturated heterocycles. The lowest BCUT2D eigenvalue weighted by atomic mass is 10.1. The van der Waals surface area contributed by atoms with Gasteiger partial charge in [-0.15, -0.1) is 0 Å². The van der Waals surface area contributed by atoms with E-state index in [-0.39, 0.29) is 28.6 Å². The Morgan fingerprint density at radius 2 is 1.81 bits per heavy atom. The third-order valence-electron chi connectivity index (χ3n) is 5.17. The Morgan fingerprint density at radius 1 is 1.03 bits per heavy atom. The summed E-state index contributed by atoms with van der Waals surface area (Å²) in [4.78, 5) is 30.1. The molecule has 0 bridgehead atoms. The second-order valence-corrected chi connectivity index (χ2v) is 8.21. The van der Waals surface area contributed by atoms with Crippen LogP contribution >= 0.6 is 11.6 Å². The molecule has 0 spiro atoms. The van der Waals surface area contributed by atoms with Crippen LogP contribution in [-0.2, 0) is 0 Å². The van der Waals surface area contributed by atoms with E-state index in [2.05, 4.69) is 20.7 Å². The van der Waals surface area contributed by atoms with Gasteiger partial charge >= 0.3 is 0 Å². The van der Waals surface area contributed by atoms with Crippen molar-refractivity contribution in [2.45, 2.75) is 6.10 Å². The summed E-state index contributed by atoms with van der Waals surface area (Å²) in [7, 11) is 0. The highest BCUT2D eigenvalue weighted by atomic mass is 35.5. The van der Waals surface area contributed by atoms with Crippen LogP contribution in [0.4, 0.5) is 11.6 Å². The van der Waals surface area contributed by atoms with Gasteiger partial charge in [0.15, 0.2) is 5.69 Å². The highest BCUT2D eigenvalue weighted by molar-refractivity contribution is 6.34. The molecule has 6 N–H and O–H groups in total. The van der Waals surface area contributed by atoms with Gasteiger partial charge in [0, 0.05) is 18.2 Å². The largest absolute Gasteiger partial charge is 0.394 e. The molecule has 184 valence electrons. The average molecular weight is 507 g/mol. The summed E-state index contributed by atoms with van der Waals surface area (Å²) in [5.41, 5.74) is 7.81. The maximum absolute atomic E-state index is 13.3. The van der Waals surface area contributed by atoms with Crippen LogP contribution in [0.5, 0.6) is 0 Å². The zero-order valence-corrected chi connectivity index (χ0v) is 19.7. The van der Waals surface area contributed by atoms with Crippen molar-refractivity contribution in [3.05, 3.63) is 89.1 Å². The van der Waals surface area contributed by atoms with E-state index in [0.717, 1.165) is 0 Å². The van der Waals surface area contributed by atoms with Crippen LogP contribution in [-0.4, -0.2) is 56.0 Å². The minimum absolute atomic E-state index is 0.00287. The lowest BCUT2D eigenvalue weighted by Crippen LogP contribution is -2.34. The molecule has 2 aromatic carbocycles. The van der Waals surface area contributed by atoms with Gasteiger partial charge in [0.25, 0.3) is 11.8 Å². The van der Waals surface area contributed by atoms with Crippen molar-refractivity contribution in [1.29, 1.82) is 0 Å². The zero-order chi connectivity index (χ0) is 25.7. The molecule has 1 unspecified atom stereocenters. The molecule has 0 aliphatic heterocycles. The van der Waals surface area contributed by atoms with Gasteiger partial charge in [-0.3, -0.25) is 9.59 Å². The van der Waals surface area contributed by atoms with Gasteiger partial charge in [0.05, 0.1) is 34.7 Å². The maximum atomic E-state index is 13.3. The molecule has 0 aliphatic rings. The summed E-state index contributed by atoms with van der Waals surface area (Å²) in [6.45, 7) is -0.652. The van der Waals surface area contributed by atoms with E-state index in [0.29, 0.717) is 22.8 Å². The molecule has 36 heavy (non-hydrogen) atoms. The van der Waals surface area contributed by atoms with Crippen LogP contribution in [0.15, 0.2) is 72.8 Å². The summed E-state index contributed by atoms with van der Waals surface area (Å²) in [5.74, 6) is -0.536. The number of rotatable bonds is 8. The molecule has 0 aliphatic carbocycles. The summed E-state index contributed by atoms with van der Waals surface area (Å²) in [5, 5.41) is 28.3. The minimum Gasteiger partial charge on any atom is -0.394 e. The highest BCUT2D eigenvalue weighted by Gasteiger charge is 2.20. The van der Waals surface area contributed by atoms with E-state index < -0.39 is 24.5 Å². The van der Waals surface area contributed by atoms with Crippen molar-refractivity contribution >= 4 is 35.1 Å². The number of aliphatic hydroxyl groups excluding tert-OH is 2. The smallest absolute Gasteiger partial charge is 0.271 e. The molecule has 4 rings (SSSR count). The molecule has 0 radical (unpaired) electrons. The molecule has 0 fully saturated rings. The number of benzene rings is 2. The second kappa shape index (κ2) is 11.0. The van der Waals surface area contributed by atoms with E-state index in [1.165, 1.54) is 10.7 Å². The first-order chi connectivity index (χ1) is 17.4. The van der Waals surface area contributed by atoms with E-state index in [1.54, 1.807) is 60.7 Å². The molecule has 2 aromatic heterocycles. The van der Waals surface area contributed by atoms with Crippen molar-refractivity contribution in [2.24, 2.45) is 0 Å². The third-order valence-corrected chi connectivity index (χ3v) is 5.50. The van der Waals surface area contributed by atoms with Crippen molar-refractivity contribution < 1.29 is 19.8 Å². The lowest BCUT2D eigenvalue weighted by Gasteiger charge is -2.11. The molecule has 1 atom stereocenters. The normalized spacial score (nSPS) is 11.6. The lowest BCUT2D eigenvalue weighted by molar-refractivity contribution is 0.0798. The number of hydrogen-bond acceptors (Lipinski definition) is 7. The van der Waals surface area contributed by atoms with Gasteiger partial charge in [-0.2, -0.15) is 5.10 Å². The standard InChI is InChI=1S/C25H23ClN6O4/c26-19-10-9-15(20-7-4-8-22(27)29-20)11-18(19)24(35)30-23-12-21(25(36)28-13-17(34)14-33)31-32(23)16-5-2-1-3-6-16/h1-12,17,33-34H,13-14H2,(H2,27,29)(H,28,36)(H,30,35). The summed E-state index contributed by atoms with van der Waals surface area (Å²) in [6.07, 6.45) is -1.10. The quantitative estimate of drug-likeness (QED) is 0.246. The Balaban J connectivity index is 1.65. The number of nitrogen functional groups attached to an aromatic ring is 1. The number of hydrogen-bond donors (Lipinski definition) is 5. The summed E-state index contributed by atoms with van der Waals surface area (Å²) >= 11 is 6.34. The van der Waals surface area contributed by atoms with E-state index in [4.69, 9.17) is 22.4 Å². The highest BCUT2D eigenvalue weighted by Crippen LogP contribution is 2.26. The first kappa shape index (κ1) is 24.9. The first-order valence-electron chi connectivity index (χ1n) is 10.9. The van der Waals surface area contributed by atoms with Crippen LogP contribution in [0.1, 0.15) is 20.8 Å². The number of aromatic nitrogens is 3. The fourth-order valence-electron chi connectivity index (χ4n) is 3.37. The van der Waals surface area contributed by atoms with Crippen molar-refractivity contribution in [3.63, 3.8) is 0 Å².